The highest BCUT2D eigenvalue weighted by Gasteiger charge is 2.66. The van der Waals surface area contributed by atoms with Gasteiger partial charge in [-0.1, -0.05) is 36.4 Å². The molecule has 2 bridgehead atoms. The van der Waals surface area contributed by atoms with Gasteiger partial charge in [0.2, 0.25) is 5.91 Å². The molecule has 1 amide bonds. The van der Waals surface area contributed by atoms with Gasteiger partial charge >= 0.3 is 5.97 Å². The van der Waals surface area contributed by atoms with Crippen LogP contribution in [0.2, 0.25) is 0 Å². The van der Waals surface area contributed by atoms with Gasteiger partial charge in [0.25, 0.3) is 0 Å². The molecule has 1 saturated heterocycles. The minimum atomic E-state index is -0.361. The van der Waals surface area contributed by atoms with Gasteiger partial charge in [-0.15, -0.1) is 0 Å². The maximum atomic E-state index is 13.4. The molecule has 0 radical (unpaired) electrons. The molecule has 7 rings (SSSR count). The van der Waals surface area contributed by atoms with E-state index in [4.69, 9.17) is 9.47 Å². The van der Waals surface area contributed by atoms with Crippen LogP contribution in [0.25, 0.3) is 6.08 Å². The second-order valence-corrected chi connectivity index (χ2v) is 12.1. The highest BCUT2D eigenvalue weighted by Crippen LogP contribution is 2.64. The Bertz CT molecular complexity index is 1340. The fourth-order valence-electron chi connectivity index (χ4n) is 8.19. The fraction of sp³-hybridized carbons (Fsp3) is 0.500. The maximum absolute atomic E-state index is 13.4. The van der Waals surface area contributed by atoms with E-state index in [1.54, 1.807) is 6.08 Å². The van der Waals surface area contributed by atoms with E-state index >= 15 is 0 Å². The van der Waals surface area contributed by atoms with Crippen LogP contribution >= 0.6 is 0 Å². The van der Waals surface area contributed by atoms with Crippen molar-refractivity contribution in [2.75, 3.05) is 20.1 Å². The molecule has 2 unspecified atom stereocenters. The first-order valence-electron chi connectivity index (χ1n) is 14.3. The number of piperidine rings is 1. The van der Waals surface area contributed by atoms with E-state index in [0.717, 1.165) is 50.8 Å². The molecule has 204 valence electrons. The van der Waals surface area contributed by atoms with Gasteiger partial charge in [0.05, 0.1) is 12.1 Å². The topological polar surface area (TPSA) is 79.3 Å². The van der Waals surface area contributed by atoms with Crippen molar-refractivity contribution in [2.45, 2.75) is 68.7 Å². The smallest absolute Gasteiger partial charge is 0.308 e. The van der Waals surface area contributed by atoms with Crippen LogP contribution < -0.4 is 9.47 Å². The van der Waals surface area contributed by atoms with Crippen molar-refractivity contribution >= 4 is 18.0 Å². The van der Waals surface area contributed by atoms with Crippen molar-refractivity contribution < 1.29 is 24.2 Å². The zero-order chi connectivity index (χ0) is 26.9. The van der Waals surface area contributed by atoms with Gasteiger partial charge in [-0.3, -0.25) is 14.5 Å². The molecule has 39 heavy (non-hydrogen) atoms. The monoisotopic (exact) mass is 528 g/mol. The van der Waals surface area contributed by atoms with E-state index in [2.05, 4.69) is 11.0 Å². The average Bonchev–Trinajstić information content (AvgIpc) is 3.51. The lowest BCUT2D eigenvalue weighted by atomic mass is 9.51. The third-order valence-electron chi connectivity index (χ3n) is 10.1. The van der Waals surface area contributed by atoms with Gasteiger partial charge < -0.3 is 19.5 Å². The summed E-state index contributed by atoms with van der Waals surface area (Å²) in [4.78, 5) is 29.9. The lowest BCUT2D eigenvalue weighted by Gasteiger charge is -2.60. The second kappa shape index (κ2) is 9.20. The summed E-state index contributed by atoms with van der Waals surface area (Å²) in [7, 11) is 1.89. The number of rotatable bonds is 6. The number of aliphatic hydroxyl groups excluding tert-OH is 1. The van der Waals surface area contributed by atoms with Crippen LogP contribution in [0.1, 0.15) is 49.3 Å². The van der Waals surface area contributed by atoms with Crippen LogP contribution in [0, 0.1) is 11.8 Å². The Morgan fingerprint density at radius 1 is 1.21 bits per heavy atom. The van der Waals surface area contributed by atoms with Crippen molar-refractivity contribution in [3.8, 4) is 11.5 Å². The number of likely N-dealkylation sites (N-methyl/N-ethyl adjacent to an activating group) is 1. The molecule has 7 heteroatoms. The number of hydrogen-bond acceptors (Lipinski definition) is 6. The van der Waals surface area contributed by atoms with Gasteiger partial charge in [0.1, 0.15) is 6.10 Å². The summed E-state index contributed by atoms with van der Waals surface area (Å²) in [5, 5.41) is 10.1. The van der Waals surface area contributed by atoms with E-state index in [0.29, 0.717) is 29.4 Å². The molecule has 2 saturated carbocycles. The molecule has 7 atom stereocenters. The molecule has 0 aromatic heterocycles. The van der Waals surface area contributed by atoms with E-state index in [1.807, 2.05) is 54.4 Å². The van der Waals surface area contributed by atoms with Gasteiger partial charge in [0.15, 0.2) is 11.5 Å². The highest BCUT2D eigenvalue weighted by atomic mass is 16.6. The summed E-state index contributed by atoms with van der Waals surface area (Å²) >= 11 is 0. The van der Waals surface area contributed by atoms with Crippen LogP contribution in [-0.4, -0.2) is 71.2 Å². The molecule has 2 aromatic carbocycles. The van der Waals surface area contributed by atoms with E-state index in [-0.39, 0.29) is 35.5 Å². The number of benzene rings is 2. The number of carbonyl (C=O) groups is 2. The van der Waals surface area contributed by atoms with E-state index in [9.17, 15) is 14.7 Å². The molecular formula is C32H36N2O5. The Hall–Kier alpha value is -3.16. The van der Waals surface area contributed by atoms with Crippen LogP contribution in [0.5, 0.6) is 11.5 Å². The van der Waals surface area contributed by atoms with Crippen LogP contribution in [0.3, 0.4) is 0 Å². The zero-order valence-corrected chi connectivity index (χ0v) is 22.6. The summed E-state index contributed by atoms with van der Waals surface area (Å²) < 4.78 is 12.5. The molecule has 2 aliphatic heterocycles. The van der Waals surface area contributed by atoms with Crippen LogP contribution in [-0.2, 0) is 21.4 Å². The van der Waals surface area contributed by atoms with E-state index in [1.165, 1.54) is 18.1 Å². The van der Waals surface area contributed by atoms with Gasteiger partial charge in [-0.25, -0.2) is 0 Å². The first-order chi connectivity index (χ1) is 18.9. The number of likely N-dealkylation sites (tertiary alicyclic amines) is 1. The molecule has 3 aliphatic carbocycles. The summed E-state index contributed by atoms with van der Waals surface area (Å²) in [5.41, 5.74) is 3.25. The van der Waals surface area contributed by atoms with Gasteiger partial charge in [-0.2, -0.15) is 0 Å². The molecule has 7 nitrogen and oxygen atoms in total. The minimum absolute atomic E-state index is 0.0359. The van der Waals surface area contributed by atoms with Crippen molar-refractivity contribution in [1.29, 1.82) is 0 Å². The lowest BCUT2D eigenvalue weighted by molar-refractivity contribution is -0.135. The number of aliphatic hydroxyl groups is 1. The Kier molecular flexibility index (Phi) is 5.86. The number of carbonyl (C=O) groups excluding carboxylic acids is 2. The van der Waals surface area contributed by atoms with Crippen molar-refractivity contribution in [2.24, 2.45) is 11.8 Å². The summed E-state index contributed by atoms with van der Waals surface area (Å²) in [6.45, 7) is 3.31. The molecule has 1 spiro atoms. The Balaban J connectivity index is 1.24. The Morgan fingerprint density at radius 3 is 2.74 bits per heavy atom. The Labute approximate surface area is 229 Å². The molecule has 5 aliphatic rings. The van der Waals surface area contributed by atoms with Gasteiger partial charge in [0, 0.05) is 49.5 Å². The first-order valence-corrected chi connectivity index (χ1v) is 14.3. The van der Waals surface area contributed by atoms with Crippen molar-refractivity contribution in [3.05, 3.63) is 65.2 Å². The fourth-order valence-corrected chi connectivity index (χ4v) is 8.19. The number of ether oxygens (including phenoxy) is 2. The van der Waals surface area contributed by atoms with Crippen molar-refractivity contribution in [1.82, 2.24) is 9.80 Å². The molecular weight excluding hydrogens is 492 g/mol. The third-order valence-corrected chi connectivity index (χ3v) is 10.1. The predicted octanol–water partition coefficient (Wildman–Crippen LogP) is 3.57. The number of esters is 1. The summed E-state index contributed by atoms with van der Waals surface area (Å²) in [6, 6.07) is 14.2. The second-order valence-electron chi connectivity index (χ2n) is 12.1. The van der Waals surface area contributed by atoms with Crippen LogP contribution in [0.15, 0.2) is 48.5 Å². The molecule has 3 fully saturated rings. The third kappa shape index (κ3) is 3.93. The summed E-state index contributed by atoms with van der Waals surface area (Å²) in [5.74, 6) is 1.58. The average molecular weight is 529 g/mol. The van der Waals surface area contributed by atoms with Crippen molar-refractivity contribution in [3.63, 3.8) is 0 Å². The first kappa shape index (κ1) is 24.9. The molecule has 1 N–H and O–H groups in total. The standard InChI is InChI=1S/C32H36N2O5/c1-19(35)38-27-12-9-21-16-25-23-10-11-24(33(2)28(37)13-8-20-6-4-3-5-7-20)31-32(23,29(21)30(27)39-31)14-15-34(25)18-22-17-26(22)36/h3-9,12-13,22-26,31,36H,10-11,14-18H2,1-2H3/t22?,23-,24+,25+,26?,31-,32-/m0/s1. The number of hydrogen-bond donors (Lipinski definition) is 1. The lowest BCUT2D eigenvalue weighted by Crippen LogP contribution is -2.69. The maximum Gasteiger partial charge on any atom is 0.308 e. The molecule has 2 aromatic rings. The quantitative estimate of drug-likeness (QED) is 0.351. The largest absolute Gasteiger partial charge is 0.483 e. The van der Waals surface area contributed by atoms with Gasteiger partial charge in [-0.05, 0) is 67.8 Å². The zero-order valence-electron chi connectivity index (χ0n) is 22.6. The number of amides is 1. The number of nitrogens with zero attached hydrogens (tertiary/aromatic N) is 2. The predicted molar refractivity (Wildman–Crippen MR) is 146 cm³/mol. The highest BCUT2D eigenvalue weighted by molar-refractivity contribution is 5.92. The normalized spacial score (nSPS) is 33.8. The van der Waals surface area contributed by atoms with E-state index < -0.39 is 0 Å². The SMILES string of the molecule is CC(=O)Oc1ccc2c3c1O[C@H]1[C@H](N(C)C(=O)C=Cc4ccccc4)CC[C@H]4[C@@H](C2)N(CC2CC2O)CC[C@@]341. The summed E-state index contributed by atoms with van der Waals surface area (Å²) in [6.07, 6.45) is 7.82. The molecule has 2 heterocycles. The van der Waals surface area contributed by atoms with Crippen LogP contribution in [0.4, 0.5) is 0 Å². The Morgan fingerprint density at radius 2 is 2.00 bits per heavy atom. The minimum Gasteiger partial charge on any atom is -0.483 e.